The van der Waals surface area contributed by atoms with E-state index in [1.807, 2.05) is 0 Å². The van der Waals surface area contributed by atoms with Gasteiger partial charge in [-0.25, -0.2) is 0 Å². The van der Waals surface area contributed by atoms with E-state index in [4.69, 9.17) is 0 Å². The van der Waals surface area contributed by atoms with Crippen molar-refractivity contribution in [3.8, 4) is 0 Å². The molecule has 2 heteroatoms. The van der Waals surface area contributed by atoms with Crippen LogP contribution in [0.1, 0.15) is 55.6 Å². The van der Waals surface area contributed by atoms with Crippen molar-refractivity contribution in [2.45, 2.75) is 37.0 Å². The number of hydrogen-bond acceptors (Lipinski definition) is 0. The number of benzene rings is 7. The van der Waals surface area contributed by atoms with E-state index in [0.29, 0.717) is 0 Å². The Bertz CT molecular complexity index is 2460. The second-order valence-corrected chi connectivity index (χ2v) is 25.3. The minimum atomic E-state index is -2.24. The Labute approximate surface area is 321 Å². The van der Waals surface area contributed by atoms with Crippen LogP contribution >= 0.6 is 0 Å². The third-order valence-corrected chi connectivity index (χ3v) is 20.6. The molecule has 0 saturated carbocycles. The molecule has 2 aliphatic carbocycles. The minimum Gasteiger partial charge on any atom is -0.0622 e. The van der Waals surface area contributed by atoms with Crippen molar-refractivity contribution >= 4 is 48.1 Å². The fourth-order valence-corrected chi connectivity index (χ4v) is 18.5. The summed E-state index contributed by atoms with van der Waals surface area (Å²) in [4.78, 5) is 0. The summed E-state index contributed by atoms with van der Waals surface area (Å²) >= 11 is 0. The smallest absolute Gasteiger partial charge is 0.0622 e. The highest BCUT2D eigenvalue weighted by molar-refractivity contribution is 7.10. The van der Waals surface area contributed by atoms with Crippen LogP contribution in [0, 0.1) is 0 Å². The quantitative estimate of drug-likeness (QED) is 0.159. The van der Waals surface area contributed by atoms with Crippen molar-refractivity contribution in [2.24, 2.45) is 0 Å². The minimum absolute atomic E-state index is 0.400. The van der Waals surface area contributed by atoms with Gasteiger partial charge in [-0.15, -0.1) is 0 Å². The molecule has 0 unspecified atom stereocenters. The molecule has 0 atom stereocenters. The lowest BCUT2D eigenvalue weighted by molar-refractivity contribution is 0.813. The van der Waals surface area contributed by atoms with Crippen LogP contribution in [-0.4, -0.2) is 16.1 Å². The lowest BCUT2D eigenvalue weighted by atomic mass is 9.64. The van der Waals surface area contributed by atoms with Gasteiger partial charge in [0.15, 0.2) is 0 Å². The van der Waals surface area contributed by atoms with Crippen LogP contribution in [-0.2, 0) is 10.8 Å². The van der Waals surface area contributed by atoms with Gasteiger partial charge in [0.05, 0.1) is 10.8 Å². The molecule has 2 heterocycles. The maximum atomic E-state index is 2.74. The van der Waals surface area contributed by atoms with E-state index in [2.05, 4.69) is 208 Å². The first-order valence-electron chi connectivity index (χ1n) is 19.5. The van der Waals surface area contributed by atoms with E-state index in [-0.39, 0.29) is 0 Å². The van der Waals surface area contributed by atoms with Crippen LogP contribution in [0.4, 0.5) is 0 Å². The van der Waals surface area contributed by atoms with Crippen LogP contribution in [0.2, 0.25) is 26.2 Å². The average molecular weight is 723 g/mol. The lowest BCUT2D eigenvalue weighted by Crippen LogP contribution is -2.46. The van der Waals surface area contributed by atoms with Gasteiger partial charge in [-0.05, 0) is 87.5 Å². The highest BCUT2D eigenvalue weighted by Crippen LogP contribution is 2.65. The second kappa shape index (κ2) is 11.0. The molecule has 0 nitrogen and oxygen atoms in total. The molecule has 0 amide bonds. The molecule has 0 bridgehead atoms. The van der Waals surface area contributed by atoms with Crippen LogP contribution in [0.15, 0.2) is 182 Å². The molecule has 0 N–H and O–H groups in total. The van der Waals surface area contributed by atoms with Crippen LogP contribution in [0.25, 0.3) is 21.5 Å². The van der Waals surface area contributed by atoms with Crippen molar-refractivity contribution in [2.75, 3.05) is 0 Å². The second-order valence-electron chi connectivity index (χ2n) is 16.7. The predicted molar refractivity (Wildman–Crippen MR) is 233 cm³/mol. The topological polar surface area (TPSA) is 0 Å². The molecule has 0 spiro atoms. The molecule has 7 aromatic carbocycles. The van der Waals surface area contributed by atoms with Crippen LogP contribution < -0.4 is 10.4 Å². The zero-order valence-corrected chi connectivity index (χ0v) is 33.3. The Morgan fingerprint density at radius 2 is 0.593 bits per heavy atom. The average Bonchev–Trinajstić information content (AvgIpc) is 3.86. The Morgan fingerprint density at radius 1 is 0.315 bits per heavy atom. The first kappa shape index (κ1) is 31.9. The summed E-state index contributed by atoms with van der Waals surface area (Å²) in [5.74, 6) is 0. The first-order chi connectivity index (χ1) is 26.3. The zero-order valence-electron chi connectivity index (χ0n) is 31.3. The molecule has 2 aliphatic heterocycles. The molecule has 11 rings (SSSR count). The molecule has 0 radical (unpaired) electrons. The molecule has 7 aromatic rings. The number of fused-ring (bicyclic) bond motifs is 8. The molecular weight excluding hydrogens is 681 g/mol. The molecule has 54 heavy (non-hydrogen) atoms. The fourth-order valence-electron chi connectivity index (χ4n) is 11.5. The van der Waals surface area contributed by atoms with E-state index in [9.17, 15) is 0 Å². The van der Waals surface area contributed by atoms with E-state index >= 15 is 0 Å². The number of hydrogen-bond donors (Lipinski definition) is 0. The maximum absolute atomic E-state index is 2.74. The monoisotopic (exact) mass is 722 g/mol. The van der Waals surface area contributed by atoms with E-state index in [1.165, 1.54) is 66.8 Å². The number of rotatable bonds is 4. The Kier molecular flexibility index (Phi) is 6.51. The Balaban J connectivity index is 1.25. The summed E-state index contributed by atoms with van der Waals surface area (Å²) in [6, 6.07) is 69.7. The lowest BCUT2D eigenvalue weighted by Gasteiger charge is -2.38. The fraction of sp³-hybridized carbons (Fsp3) is 0.115. The molecule has 0 fully saturated rings. The van der Waals surface area contributed by atoms with Crippen molar-refractivity contribution < 1.29 is 0 Å². The SMILES string of the molecule is C[Si]1(C)C2=C(c3cc4c(cc31)C1=C(c3ccccc3C1(c1ccccc1)c1ccccc1)[Si]4(C)C)C(c1ccccc1)(c1ccccc1)c1ccccc12. The third kappa shape index (κ3) is 3.73. The van der Waals surface area contributed by atoms with Gasteiger partial charge < -0.3 is 0 Å². The highest BCUT2D eigenvalue weighted by Gasteiger charge is 2.60. The van der Waals surface area contributed by atoms with Gasteiger partial charge in [0.25, 0.3) is 0 Å². The molecular formula is C52H42Si2. The number of allylic oxidation sites excluding steroid dienone is 2. The maximum Gasteiger partial charge on any atom is 0.114 e. The van der Waals surface area contributed by atoms with Crippen molar-refractivity contribution in [1.82, 2.24) is 0 Å². The van der Waals surface area contributed by atoms with Crippen LogP contribution in [0.5, 0.6) is 0 Å². The van der Waals surface area contributed by atoms with Gasteiger partial charge in [0.1, 0.15) is 16.1 Å². The zero-order chi connectivity index (χ0) is 36.5. The summed E-state index contributed by atoms with van der Waals surface area (Å²) in [6.45, 7) is 10.5. The largest absolute Gasteiger partial charge is 0.114 e. The van der Waals surface area contributed by atoms with Crippen molar-refractivity contribution in [1.29, 1.82) is 0 Å². The van der Waals surface area contributed by atoms with Crippen LogP contribution in [0.3, 0.4) is 0 Å². The predicted octanol–water partition coefficient (Wildman–Crippen LogP) is 11.1. The van der Waals surface area contributed by atoms with E-state index < -0.39 is 27.0 Å². The Hall–Kier alpha value is -5.55. The molecule has 0 aromatic heterocycles. The summed E-state index contributed by atoms with van der Waals surface area (Å²) < 4.78 is 0. The Morgan fingerprint density at radius 3 is 0.907 bits per heavy atom. The molecule has 258 valence electrons. The normalized spacial score (nSPS) is 18.4. The van der Waals surface area contributed by atoms with E-state index in [1.54, 1.807) is 20.8 Å². The summed E-state index contributed by atoms with van der Waals surface area (Å²) in [6.07, 6.45) is 0. The van der Waals surface area contributed by atoms with Gasteiger partial charge in [0, 0.05) is 0 Å². The molecule has 4 aliphatic rings. The van der Waals surface area contributed by atoms with E-state index in [0.717, 1.165) is 0 Å². The van der Waals surface area contributed by atoms with Gasteiger partial charge in [-0.1, -0.05) is 208 Å². The van der Waals surface area contributed by atoms with Gasteiger partial charge in [0.2, 0.25) is 0 Å². The summed E-state index contributed by atoms with van der Waals surface area (Å²) in [5.41, 5.74) is 16.4. The summed E-state index contributed by atoms with van der Waals surface area (Å²) in [5, 5.41) is 6.40. The summed E-state index contributed by atoms with van der Waals surface area (Å²) in [7, 11) is -4.48. The third-order valence-electron chi connectivity index (χ3n) is 13.6. The van der Waals surface area contributed by atoms with Crippen molar-refractivity contribution in [3.63, 3.8) is 0 Å². The van der Waals surface area contributed by atoms with Gasteiger partial charge in [-0.3, -0.25) is 0 Å². The highest BCUT2D eigenvalue weighted by atomic mass is 28.3. The molecule has 0 saturated heterocycles. The van der Waals surface area contributed by atoms with Crippen molar-refractivity contribution in [3.05, 3.63) is 238 Å². The van der Waals surface area contributed by atoms with Gasteiger partial charge >= 0.3 is 0 Å². The standard InChI is InChI=1S/C52H42Si2/c1-53(2)45-33-42-46(34-41(45)47-49(53)39-29-17-19-31-43(39)51(47,35-21-9-5-10-22-35)36-23-11-6-12-24-36)54(3,4)50-40-30-18-20-32-44(40)52(48(42)50,37-25-13-7-14-26-37)38-27-15-8-16-28-38/h5-34H,1-4H3. The first-order valence-corrected chi connectivity index (χ1v) is 25.5. The van der Waals surface area contributed by atoms with Gasteiger partial charge in [-0.2, -0.15) is 0 Å².